The van der Waals surface area contributed by atoms with Gasteiger partial charge in [-0.1, -0.05) is 6.42 Å². The fourth-order valence-corrected chi connectivity index (χ4v) is 4.78. The number of thiazole rings is 1. The predicted molar refractivity (Wildman–Crippen MR) is 103 cm³/mol. The highest BCUT2D eigenvalue weighted by Gasteiger charge is 2.16. The Labute approximate surface area is 159 Å². The third-order valence-electron chi connectivity index (χ3n) is 4.29. The minimum atomic E-state index is -3.56. The van der Waals surface area contributed by atoms with E-state index in [2.05, 4.69) is 14.6 Å². The number of nitrogens with zero attached hydrogens (tertiary/aromatic N) is 2. The molecule has 8 heteroatoms. The highest BCUT2D eigenvalue weighted by Crippen LogP contribution is 2.18. The third-order valence-corrected chi connectivity index (χ3v) is 6.61. The fraction of sp³-hybridized carbons (Fsp3) is 0.500. The van der Waals surface area contributed by atoms with Gasteiger partial charge in [-0.25, -0.2) is 18.1 Å². The van der Waals surface area contributed by atoms with Gasteiger partial charge in [0.15, 0.2) is 0 Å². The molecule has 0 radical (unpaired) electrons. The van der Waals surface area contributed by atoms with Crippen molar-refractivity contribution < 1.29 is 13.2 Å². The lowest BCUT2D eigenvalue weighted by atomic mass is 10.1. The normalized spacial score (nSPS) is 15.9. The molecule has 1 aromatic heterocycles. The standard InChI is InChI=1S/C18H25N3O3S2/c1-2-24-16-6-8-17(9-7-16)26(22,23)19-12-18-20-15(14-25-18)13-21-10-4-3-5-11-21/h6-9,14,19H,2-5,10-13H2,1H3. The number of benzene rings is 1. The Hall–Kier alpha value is -1.48. The van der Waals surface area contributed by atoms with Crippen LogP contribution in [0.3, 0.4) is 0 Å². The summed E-state index contributed by atoms with van der Waals surface area (Å²) in [5.41, 5.74) is 1.02. The second-order valence-corrected chi connectivity index (χ2v) is 9.01. The summed E-state index contributed by atoms with van der Waals surface area (Å²) in [4.78, 5) is 7.21. The van der Waals surface area contributed by atoms with Crippen LogP contribution in [0.4, 0.5) is 0 Å². The number of aromatic nitrogens is 1. The van der Waals surface area contributed by atoms with E-state index in [4.69, 9.17) is 4.74 Å². The topological polar surface area (TPSA) is 71.5 Å². The molecule has 1 fully saturated rings. The maximum absolute atomic E-state index is 12.4. The Morgan fingerprint density at radius 3 is 2.62 bits per heavy atom. The average Bonchev–Trinajstić information content (AvgIpc) is 3.09. The van der Waals surface area contributed by atoms with Gasteiger partial charge in [-0.2, -0.15) is 0 Å². The lowest BCUT2D eigenvalue weighted by Gasteiger charge is -2.25. The van der Waals surface area contributed by atoms with Crippen molar-refractivity contribution in [2.75, 3.05) is 19.7 Å². The fourth-order valence-electron chi connectivity index (χ4n) is 2.97. The molecule has 142 valence electrons. The van der Waals surface area contributed by atoms with E-state index in [0.717, 1.165) is 30.3 Å². The van der Waals surface area contributed by atoms with Gasteiger partial charge in [-0.3, -0.25) is 4.90 Å². The molecule has 0 amide bonds. The molecule has 26 heavy (non-hydrogen) atoms. The molecular formula is C18H25N3O3S2. The zero-order chi connectivity index (χ0) is 18.4. The molecule has 6 nitrogen and oxygen atoms in total. The Morgan fingerprint density at radius 1 is 1.19 bits per heavy atom. The van der Waals surface area contributed by atoms with E-state index < -0.39 is 10.0 Å². The molecular weight excluding hydrogens is 370 g/mol. The summed E-state index contributed by atoms with van der Waals surface area (Å²) in [5, 5.41) is 2.81. The molecule has 2 aromatic rings. The largest absolute Gasteiger partial charge is 0.494 e. The molecule has 0 unspecified atom stereocenters. The Morgan fingerprint density at radius 2 is 1.92 bits per heavy atom. The number of likely N-dealkylation sites (tertiary alicyclic amines) is 1. The molecule has 2 heterocycles. The molecule has 1 aromatic carbocycles. The van der Waals surface area contributed by atoms with Crippen molar-refractivity contribution in [3.63, 3.8) is 0 Å². The van der Waals surface area contributed by atoms with Crippen molar-refractivity contribution in [1.82, 2.24) is 14.6 Å². The first-order valence-corrected chi connectivity index (χ1v) is 11.3. The van der Waals surface area contributed by atoms with Crippen LogP contribution in [0.15, 0.2) is 34.5 Å². The lowest BCUT2D eigenvalue weighted by molar-refractivity contribution is 0.219. The van der Waals surface area contributed by atoms with E-state index in [1.54, 1.807) is 24.3 Å². The summed E-state index contributed by atoms with van der Waals surface area (Å²) < 4.78 is 32.8. The summed E-state index contributed by atoms with van der Waals surface area (Å²) in [6.07, 6.45) is 3.81. The van der Waals surface area contributed by atoms with E-state index >= 15 is 0 Å². The second-order valence-electron chi connectivity index (χ2n) is 6.30. The van der Waals surface area contributed by atoms with Crippen molar-refractivity contribution in [2.45, 2.75) is 44.2 Å². The van der Waals surface area contributed by atoms with Gasteiger partial charge >= 0.3 is 0 Å². The second kappa shape index (κ2) is 8.94. The van der Waals surface area contributed by atoms with Crippen LogP contribution in [0.1, 0.15) is 36.9 Å². The first kappa shape index (κ1) is 19.3. The summed E-state index contributed by atoms with van der Waals surface area (Å²) in [7, 11) is -3.56. The van der Waals surface area contributed by atoms with Crippen LogP contribution < -0.4 is 9.46 Å². The number of nitrogens with one attached hydrogen (secondary N) is 1. The van der Waals surface area contributed by atoms with Gasteiger partial charge in [0.2, 0.25) is 10.0 Å². The van der Waals surface area contributed by atoms with Crippen LogP contribution in [0.25, 0.3) is 0 Å². The van der Waals surface area contributed by atoms with Gasteiger partial charge in [-0.05, 0) is 57.1 Å². The van der Waals surface area contributed by atoms with Gasteiger partial charge in [0.1, 0.15) is 10.8 Å². The lowest BCUT2D eigenvalue weighted by Crippen LogP contribution is -2.29. The zero-order valence-electron chi connectivity index (χ0n) is 15.0. The number of hydrogen-bond donors (Lipinski definition) is 1. The van der Waals surface area contributed by atoms with E-state index in [9.17, 15) is 8.42 Å². The van der Waals surface area contributed by atoms with E-state index in [1.165, 1.54) is 30.6 Å². The molecule has 0 aliphatic carbocycles. The van der Waals surface area contributed by atoms with Crippen LogP contribution in [0.2, 0.25) is 0 Å². The maximum atomic E-state index is 12.4. The summed E-state index contributed by atoms with van der Waals surface area (Å²) in [6, 6.07) is 6.43. The van der Waals surface area contributed by atoms with E-state index in [1.807, 2.05) is 12.3 Å². The van der Waals surface area contributed by atoms with Crippen molar-refractivity contribution in [3.8, 4) is 5.75 Å². The van der Waals surface area contributed by atoms with Crippen LogP contribution in [-0.4, -0.2) is 38.0 Å². The predicted octanol–water partition coefficient (Wildman–Crippen LogP) is 3.01. The monoisotopic (exact) mass is 395 g/mol. The first-order valence-electron chi connectivity index (χ1n) is 8.95. The molecule has 3 rings (SSSR count). The number of piperidine rings is 1. The van der Waals surface area contributed by atoms with Crippen molar-refractivity contribution in [2.24, 2.45) is 0 Å². The molecule has 1 aliphatic rings. The molecule has 1 N–H and O–H groups in total. The molecule has 0 bridgehead atoms. The van der Waals surface area contributed by atoms with Crippen molar-refractivity contribution in [3.05, 3.63) is 40.3 Å². The maximum Gasteiger partial charge on any atom is 0.240 e. The molecule has 1 aliphatic heterocycles. The number of rotatable bonds is 8. The van der Waals surface area contributed by atoms with Gasteiger partial charge in [-0.15, -0.1) is 11.3 Å². The average molecular weight is 396 g/mol. The molecule has 0 atom stereocenters. The summed E-state index contributed by atoms with van der Waals surface area (Å²) in [6.45, 7) is 5.74. The van der Waals surface area contributed by atoms with Gasteiger partial charge < -0.3 is 4.74 Å². The van der Waals surface area contributed by atoms with Crippen LogP contribution in [0.5, 0.6) is 5.75 Å². The first-order chi connectivity index (χ1) is 12.6. The van der Waals surface area contributed by atoms with E-state index in [0.29, 0.717) is 12.4 Å². The highest BCUT2D eigenvalue weighted by molar-refractivity contribution is 7.89. The summed E-state index contributed by atoms with van der Waals surface area (Å²) in [5.74, 6) is 0.661. The van der Waals surface area contributed by atoms with Crippen LogP contribution >= 0.6 is 11.3 Å². The van der Waals surface area contributed by atoms with Gasteiger partial charge in [0.05, 0.1) is 23.7 Å². The SMILES string of the molecule is CCOc1ccc(S(=O)(=O)NCc2nc(CN3CCCCC3)cs2)cc1. The third kappa shape index (κ3) is 5.26. The Bertz CT molecular complexity index is 797. The van der Waals surface area contributed by atoms with E-state index in [-0.39, 0.29) is 11.4 Å². The number of hydrogen-bond acceptors (Lipinski definition) is 6. The number of sulfonamides is 1. The van der Waals surface area contributed by atoms with Gasteiger partial charge in [0, 0.05) is 11.9 Å². The highest BCUT2D eigenvalue weighted by atomic mass is 32.2. The van der Waals surface area contributed by atoms with Crippen molar-refractivity contribution in [1.29, 1.82) is 0 Å². The van der Waals surface area contributed by atoms with Crippen LogP contribution in [0, 0.1) is 0 Å². The minimum absolute atomic E-state index is 0.209. The molecule has 0 spiro atoms. The number of ether oxygens (including phenoxy) is 1. The molecule has 0 saturated carbocycles. The zero-order valence-corrected chi connectivity index (χ0v) is 16.6. The minimum Gasteiger partial charge on any atom is -0.494 e. The Balaban J connectivity index is 1.55. The quantitative estimate of drug-likeness (QED) is 0.744. The molecule has 1 saturated heterocycles. The summed E-state index contributed by atoms with van der Waals surface area (Å²) >= 11 is 1.50. The van der Waals surface area contributed by atoms with Gasteiger partial charge in [0.25, 0.3) is 0 Å². The van der Waals surface area contributed by atoms with Crippen LogP contribution in [-0.2, 0) is 23.1 Å². The Kier molecular flexibility index (Phi) is 6.63. The smallest absolute Gasteiger partial charge is 0.240 e. The van der Waals surface area contributed by atoms with Crippen molar-refractivity contribution >= 4 is 21.4 Å².